The molecular weight excluding hydrogens is 242 g/mol. The molecule has 84 valence electrons. The van der Waals surface area contributed by atoms with Gasteiger partial charge in [0.15, 0.2) is 0 Å². The maximum atomic E-state index is 11.9. The Morgan fingerprint density at radius 2 is 2.38 bits per heavy atom. The van der Waals surface area contributed by atoms with Crippen molar-refractivity contribution < 1.29 is 4.79 Å². The first-order valence-electron chi connectivity index (χ1n) is 4.86. The van der Waals surface area contributed by atoms with Gasteiger partial charge in [0, 0.05) is 25.4 Å². The van der Waals surface area contributed by atoms with Crippen LogP contribution in [-0.2, 0) is 11.8 Å². The van der Waals surface area contributed by atoms with Gasteiger partial charge in [-0.2, -0.15) is 5.10 Å². The molecule has 0 atom stereocenters. The van der Waals surface area contributed by atoms with Crippen molar-refractivity contribution >= 4 is 40.3 Å². The molecule has 0 spiro atoms. The zero-order valence-electron chi connectivity index (χ0n) is 9.01. The van der Waals surface area contributed by atoms with Gasteiger partial charge < -0.3 is 0 Å². The Balaban J connectivity index is 2.27. The molecule has 2 heterocycles. The highest BCUT2D eigenvalue weighted by molar-refractivity contribution is 8.26. The van der Waals surface area contributed by atoms with Crippen LogP contribution < -0.4 is 0 Å². The normalized spacial score (nSPS) is 18.9. The van der Waals surface area contributed by atoms with Crippen LogP contribution in [0.1, 0.15) is 12.5 Å². The fourth-order valence-electron chi connectivity index (χ4n) is 1.44. The Kier molecular flexibility index (Phi) is 3.11. The molecule has 1 saturated heterocycles. The average Bonchev–Trinajstić information content (AvgIpc) is 2.74. The minimum Gasteiger partial charge on any atom is -0.293 e. The van der Waals surface area contributed by atoms with Crippen LogP contribution in [-0.4, -0.2) is 31.5 Å². The lowest BCUT2D eigenvalue weighted by atomic mass is 10.3. The molecule has 1 aliphatic rings. The van der Waals surface area contributed by atoms with Crippen LogP contribution in [0.25, 0.3) is 6.08 Å². The molecule has 6 heteroatoms. The molecule has 0 unspecified atom stereocenters. The van der Waals surface area contributed by atoms with E-state index in [1.165, 1.54) is 11.8 Å². The largest absolute Gasteiger partial charge is 0.293 e. The molecule has 1 aliphatic heterocycles. The Hall–Kier alpha value is -1.14. The number of likely N-dealkylation sites (N-methyl/N-ethyl adjacent to an activating group) is 1. The summed E-state index contributed by atoms with van der Waals surface area (Å²) >= 11 is 6.46. The smallest absolute Gasteiger partial charge is 0.266 e. The maximum absolute atomic E-state index is 11.9. The second kappa shape index (κ2) is 4.39. The van der Waals surface area contributed by atoms with Gasteiger partial charge in [0.05, 0.1) is 11.1 Å². The van der Waals surface area contributed by atoms with E-state index >= 15 is 0 Å². The highest BCUT2D eigenvalue weighted by Crippen LogP contribution is 2.31. The predicted molar refractivity (Wildman–Crippen MR) is 68.8 cm³/mol. The van der Waals surface area contributed by atoms with Crippen LogP contribution in [0.15, 0.2) is 17.3 Å². The first-order valence-corrected chi connectivity index (χ1v) is 6.08. The fourth-order valence-corrected chi connectivity index (χ4v) is 2.82. The summed E-state index contributed by atoms with van der Waals surface area (Å²) in [7, 11) is 1.84. The summed E-state index contributed by atoms with van der Waals surface area (Å²) in [5.41, 5.74) is 0.916. The van der Waals surface area contributed by atoms with E-state index in [9.17, 15) is 4.79 Å². The molecule has 2 rings (SSSR count). The van der Waals surface area contributed by atoms with Crippen molar-refractivity contribution in [3.63, 3.8) is 0 Å². The number of hydrogen-bond donors (Lipinski definition) is 0. The summed E-state index contributed by atoms with van der Waals surface area (Å²) in [6, 6.07) is 0. The van der Waals surface area contributed by atoms with Gasteiger partial charge in [-0.05, 0) is 13.0 Å². The van der Waals surface area contributed by atoms with Gasteiger partial charge in [0.1, 0.15) is 4.32 Å². The second-order valence-electron chi connectivity index (χ2n) is 3.37. The summed E-state index contributed by atoms with van der Waals surface area (Å²) in [6.45, 7) is 2.53. The summed E-state index contributed by atoms with van der Waals surface area (Å²) < 4.78 is 2.33. The number of aromatic nitrogens is 2. The van der Waals surface area contributed by atoms with Gasteiger partial charge in [-0.25, -0.2) is 0 Å². The first-order chi connectivity index (χ1) is 7.61. The number of amides is 1. The number of carbonyl (C=O) groups is 1. The lowest BCUT2D eigenvalue weighted by molar-refractivity contribution is -0.121. The molecule has 4 nitrogen and oxygen atoms in total. The van der Waals surface area contributed by atoms with Crippen LogP contribution in [0.4, 0.5) is 0 Å². The van der Waals surface area contributed by atoms with Crippen LogP contribution in [0.5, 0.6) is 0 Å². The number of thiocarbonyl (C=S) groups is 1. The number of hydrogen-bond acceptors (Lipinski definition) is 4. The molecule has 0 bridgehead atoms. The fraction of sp³-hybridized carbons (Fsp3) is 0.300. The number of nitrogens with zero attached hydrogens (tertiary/aromatic N) is 3. The first kappa shape index (κ1) is 11.3. The third kappa shape index (κ3) is 2.03. The third-order valence-electron chi connectivity index (χ3n) is 2.21. The summed E-state index contributed by atoms with van der Waals surface area (Å²) in [5, 5.41) is 4.05. The highest BCUT2D eigenvalue weighted by Gasteiger charge is 2.30. The molecule has 1 aromatic rings. The summed E-state index contributed by atoms with van der Waals surface area (Å²) in [6.07, 6.45) is 5.40. The molecule has 0 N–H and O–H groups in total. The number of rotatable bonds is 2. The van der Waals surface area contributed by atoms with E-state index in [4.69, 9.17) is 12.2 Å². The minimum atomic E-state index is -0.0126. The zero-order valence-corrected chi connectivity index (χ0v) is 10.6. The Labute approximate surface area is 103 Å². The SMILES string of the molecule is CCN1C(=O)/C(=C/c2cnn(C)c2)SC1=S. The van der Waals surface area contributed by atoms with Crippen molar-refractivity contribution in [1.82, 2.24) is 14.7 Å². The number of aryl methyl sites for hydroxylation is 1. The van der Waals surface area contributed by atoms with E-state index in [1.807, 2.05) is 26.2 Å². The van der Waals surface area contributed by atoms with Crippen molar-refractivity contribution in [2.75, 3.05) is 6.54 Å². The average molecular weight is 253 g/mol. The topological polar surface area (TPSA) is 38.1 Å². The molecule has 0 aromatic carbocycles. The standard InChI is InChI=1S/C10H11N3OS2/c1-3-13-9(14)8(16-10(13)15)4-7-5-11-12(2)6-7/h4-6H,3H2,1-2H3/b8-4-. The van der Waals surface area contributed by atoms with Crippen molar-refractivity contribution in [2.45, 2.75) is 6.92 Å². The molecule has 1 fully saturated rings. The lowest BCUT2D eigenvalue weighted by Gasteiger charge is -2.09. The quantitative estimate of drug-likeness (QED) is 0.593. The second-order valence-corrected chi connectivity index (χ2v) is 5.05. The van der Waals surface area contributed by atoms with Crippen LogP contribution in [0.2, 0.25) is 0 Å². The third-order valence-corrected chi connectivity index (χ3v) is 3.59. The van der Waals surface area contributed by atoms with Crippen LogP contribution in [0.3, 0.4) is 0 Å². The van der Waals surface area contributed by atoms with E-state index in [2.05, 4.69) is 5.10 Å². The zero-order chi connectivity index (χ0) is 11.7. The Morgan fingerprint density at radius 3 is 2.88 bits per heavy atom. The Bertz CT molecular complexity index is 478. The van der Waals surface area contributed by atoms with Gasteiger partial charge in [-0.1, -0.05) is 24.0 Å². The van der Waals surface area contributed by atoms with Crippen molar-refractivity contribution in [1.29, 1.82) is 0 Å². The maximum Gasteiger partial charge on any atom is 0.266 e. The van der Waals surface area contributed by atoms with E-state index in [0.29, 0.717) is 15.8 Å². The highest BCUT2D eigenvalue weighted by atomic mass is 32.2. The van der Waals surface area contributed by atoms with Gasteiger partial charge in [0.25, 0.3) is 5.91 Å². The van der Waals surface area contributed by atoms with E-state index in [0.717, 1.165) is 5.56 Å². The number of thioether (sulfide) groups is 1. The van der Waals surface area contributed by atoms with E-state index < -0.39 is 0 Å². The summed E-state index contributed by atoms with van der Waals surface area (Å²) in [5.74, 6) is -0.0126. The van der Waals surface area contributed by atoms with Crippen molar-refractivity contribution in [2.24, 2.45) is 7.05 Å². The monoisotopic (exact) mass is 253 g/mol. The molecule has 0 aliphatic carbocycles. The number of carbonyl (C=O) groups excluding carboxylic acids is 1. The van der Waals surface area contributed by atoms with Crippen LogP contribution in [0, 0.1) is 0 Å². The molecule has 0 saturated carbocycles. The van der Waals surface area contributed by atoms with Crippen LogP contribution >= 0.6 is 24.0 Å². The molecule has 16 heavy (non-hydrogen) atoms. The van der Waals surface area contributed by atoms with Crippen molar-refractivity contribution in [3.8, 4) is 0 Å². The van der Waals surface area contributed by atoms with Crippen molar-refractivity contribution in [3.05, 3.63) is 22.9 Å². The van der Waals surface area contributed by atoms with Gasteiger partial charge in [0.2, 0.25) is 0 Å². The van der Waals surface area contributed by atoms with Gasteiger partial charge in [-0.3, -0.25) is 14.4 Å². The predicted octanol–water partition coefficient (Wildman–Crippen LogP) is 1.64. The van der Waals surface area contributed by atoms with Gasteiger partial charge >= 0.3 is 0 Å². The summed E-state index contributed by atoms with van der Waals surface area (Å²) in [4.78, 5) is 14.1. The molecule has 1 aromatic heterocycles. The molecule has 0 radical (unpaired) electrons. The molecular formula is C10H11N3OS2. The van der Waals surface area contributed by atoms with E-state index in [-0.39, 0.29) is 5.91 Å². The van der Waals surface area contributed by atoms with E-state index in [1.54, 1.807) is 15.8 Å². The Morgan fingerprint density at radius 1 is 1.62 bits per heavy atom. The molecule has 1 amide bonds. The minimum absolute atomic E-state index is 0.0126. The lowest BCUT2D eigenvalue weighted by Crippen LogP contribution is -2.27. The van der Waals surface area contributed by atoms with Gasteiger partial charge in [-0.15, -0.1) is 0 Å².